The number of benzene rings is 1. The summed E-state index contributed by atoms with van der Waals surface area (Å²) in [6, 6.07) is 4.39. The van der Waals surface area contributed by atoms with Crippen molar-refractivity contribution in [3.8, 4) is 5.75 Å². The molecule has 1 aliphatic heterocycles. The van der Waals surface area contributed by atoms with Crippen molar-refractivity contribution in [3.63, 3.8) is 0 Å². The molecule has 0 spiro atoms. The Morgan fingerprint density at radius 3 is 2.64 bits per heavy atom. The molecule has 0 amide bonds. The Morgan fingerprint density at radius 2 is 2.09 bits per heavy atom. The lowest BCUT2D eigenvalue weighted by molar-refractivity contribution is -0.238. The van der Waals surface area contributed by atoms with Crippen molar-refractivity contribution in [3.05, 3.63) is 34.4 Å². The fourth-order valence-electron chi connectivity index (χ4n) is 2.45. The second-order valence-corrected chi connectivity index (χ2v) is 5.46. The largest absolute Gasteiger partial charge is 0.478 e. The number of aliphatic carboxylic acids is 1. The summed E-state index contributed by atoms with van der Waals surface area (Å²) in [5, 5.41) is 9.27. The van der Waals surface area contributed by atoms with Crippen LogP contribution in [0.5, 0.6) is 5.75 Å². The Labute approximate surface area is 130 Å². The van der Waals surface area contributed by atoms with Gasteiger partial charge >= 0.3 is 12.1 Å². The van der Waals surface area contributed by atoms with Crippen molar-refractivity contribution < 1.29 is 27.8 Å². The van der Waals surface area contributed by atoms with Gasteiger partial charge in [0.15, 0.2) is 0 Å². The lowest BCUT2D eigenvalue weighted by atomic mass is 9.84. The molecular weight excluding hydrogens is 321 g/mol. The van der Waals surface area contributed by atoms with Crippen LogP contribution in [0.4, 0.5) is 13.2 Å². The summed E-state index contributed by atoms with van der Waals surface area (Å²) < 4.78 is 46.2. The first-order chi connectivity index (χ1) is 10.2. The number of fused-ring (bicyclic) bond motifs is 1. The number of ether oxygens (including phenoxy) is 1. The van der Waals surface area contributed by atoms with E-state index in [1.54, 1.807) is 6.92 Å². The number of alkyl halides is 3. The molecule has 0 aliphatic carbocycles. The van der Waals surface area contributed by atoms with Crippen LogP contribution in [0, 0.1) is 0 Å². The van der Waals surface area contributed by atoms with Crippen LogP contribution in [0.2, 0.25) is 5.02 Å². The van der Waals surface area contributed by atoms with E-state index in [9.17, 15) is 23.1 Å². The summed E-state index contributed by atoms with van der Waals surface area (Å²) in [6.07, 6.45) is -3.71. The van der Waals surface area contributed by atoms with Crippen LogP contribution in [0.1, 0.15) is 31.7 Å². The summed E-state index contributed by atoms with van der Waals surface area (Å²) >= 11 is 5.91. The second kappa shape index (κ2) is 5.83. The third kappa shape index (κ3) is 2.67. The molecule has 0 saturated heterocycles. The van der Waals surface area contributed by atoms with Crippen molar-refractivity contribution in [2.45, 2.75) is 38.0 Å². The quantitative estimate of drug-likeness (QED) is 0.868. The van der Waals surface area contributed by atoms with Crippen molar-refractivity contribution >= 4 is 23.6 Å². The van der Waals surface area contributed by atoms with Gasteiger partial charge in [-0.1, -0.05) is 37.1 Å². The lowest BCUT2D eigenvalue weighted by Gasteiger charge is -2.39. The van der Waals surface area contributed by atoms with Crippen molar-refractivity contribution in [1.82, 2.24) is 0 Å². The van der Waals surface area contributed by atoms with Crippen LogP contribution >= 0.6 is 11.6 Å². The number of rotatable bonds is 4. The molecule has 1 unspecified atom stereocenters. The number of carboxylic acids is 1. The second-order valence-electron chi connectivity index (χ2n) is 5.05. The summed E-state index contributed by atoms with van der Waals surface area (Å²) in [6.45, 7) is 1.72. The minimum absolute atomic E-state index is 0.0170. The molecule has 120 valence electrons. The molecule has 2 rings (SSSR count). The maximum atomic E-state index is 13.7. The first kappa shape index (κ1) is 16.7. The molecule has 1 N–H and O–H groups in total. The Kier molecular flexibility index (Phi) is 4.42. The van der Waals surface area contributed by atoms with Gasteiger partial charge in [0, 0.05) is 12.0 Å². The lowest BCUT2D eigenvalue weighted by Crippen LogP contribution is -2.54. The van der Waals surface area contributed by atoms with Crippen LogP contribution in [0.15, 0.2) is 23.8 Å². The van der Waals surface area contributed by atoms with Gasteiger partial charge < -0.3 is 9.84 Å². The zero-order valence-electron chi connectivity index (χ0n) is 11.7. The van der Waals surface area contributed by atoms with Crippen molar-refractivity contribution in [1.29, 1.82) is 0 Å². The van der Waals surface area contributed by atoms with Gasteiger partial charge in [-0.2, -0.15) is 13.2 Å². The highest BCUT2D eigenvalue weighted by molar-refractivity contribution is 6.32. The molecule has 1 aromatic carbocycles. The number of halogens is 4. The van der Waals surface area contributed by atoms with Crippen LogP contribution in [0.3, 0.4) is 0 Å². The Hall–Kier alpha value is -1.69. The number of carboxylic acid groups (broad SMARTS) is 1. The molecule has 0 fully saturated rings. The minimum atomic E-state index is -4.87. The van der Waals surface area contributed by atoms with Crippen LogP contribution in [-0.2, 0) is 4.79 Å². The normalized spacial score (nSPS) is 20.9. The third-order valence-corrected chi connectivity index (χ3v) is 3.88. The van der Waals surface area contributed by atoms with E-state index in [-0.39, 0.29) is 22.8 Å². The first-order valence-corrected chi connectivity index (χ1v) is 7.10. The van der Waals surface area contributed by atoms with Gasteiger partial charge in [-0.05, 0) is 18.6 Å². The highest BCUT2D eigenvalue weighted by Gasteiger charge is 2.62. The van der Waals surface area contributed by atoms with Gasteiger partial charge in [-0.3, -0.25) is 0 Å². The van der Waals surface area contributed by atoms with E-state index in [2.05, 4.69) is 0 Å². The first-order valence-electron chi connectivity index (χ1n) is 6.72. The predicted octanol–water partition coefficient (Wildman–Crippen LogP) is 4.69. The topological polar surface area (TPSA) is 46.5 Å². The minimum Gasteiger partial charge on any atom is -0.478 e. The molecule has 1 aromatic rings. The zero-order chi connectivity index (χ0) is 16.5. The molecular formula is C15H14ClF3O3. The van der Waals surface area contributed by atoms with E-state index in [0.717, 1.165) is 6.08 Å². The summed E-state index contributed by atoms with van der Waals surface area (Å²) in [4.78, 5) is 11.4. The summed E-state index contributed by atoms with van der Waals surface area (Å²) in [7, 11) is 0. The van der Waals surface area contributed by atoms with Gasteiger partial charge in [0.1, 0.15) is 5.75 Å². The van der Waals surface area contributed by atoms with E-state index in [1.165, 1.54) is 18.2 Å². The SMILES string of the molecule is CCCCC1(C(F)(F)F)Oc2c(Cl)cccc2C=C1C(=O)O. The summed E-state index contributed by atoms with van der Waals surface area (Å²) in [5.41, 5.74) is -3.48. The van der Waals surface area contributed by atoms with E-state index in [1.807, 2.05) is 0 Å². The van der Waals surface area contributed by atoms with Gasteiger partial charge in [0.2, 0.25) is 5.60 Å². The fraction of sp³-hybridized carbons (Fsp3) is 0.400. The fourth-order valence-corrected chi connectivity index (χ4v) is 2.67. The molecule has 0 saturated carbocycles. The highest BCUT2D eigenvalue weighted by Crippen LogP contribution is 2.49. The van der Waals surface area contributed by atoms with Gasteiger partial charge in [-0.15, -0.1) is 0 Å². The number of hydrogen-bond acceptors (Lipinski definition) is 2. The Balaban J connectivity index is 2.67. The number of para-hydroxylation sites is 1. The Morgan fingerprint density at radius 1 is 1.41 bits per heavy atom. The predicted molar refractivity (Wildman–Crippen MR) is 76.0 cm³/mol. The smallest absolute Gasteiger partial charge is 0.432 e. The maximum Gasteiger partial charge on any atom is 0.432 e. The van der Waals surface area contributed by atoms with E-state index < -0.39 is 29.7 Å². The molecule has 22 heavy (non-hydrogen) atoms. The average molecular weight is 335 g/mol. The highest BCUT2D eigenvalue weighted by atomic mass is 35.5. The summed E-state index contributed by atoms with van der Waals surface area (Å²) in [5.74, 6) is -1.79. The third-order valence-electron chi connectivity index (χ3n) is 3.58. The Bertz CT molecular complexity index is 625. The molecule has 0 radical (unpaired) electrons. The monoisotopic (exact) mass is 334 g/mol. The van der Waals surface area contributed by atoms with E-state index in [0.29, 0.717) is 6.42 Å². The van der Waals surface area contributed by atoms with Crippen LogP contribution in [0.25, 0.3) is 6.08 Å². The van der Waals surface area contributed by atoms with E-state index >= 15 is 0 Å². The molecule has 1 aliphatic rings. The molecule has 1 atom stereocenters. The number of hydrogen-bond donors (Lipinski definition) is 1. The molecule has 1 heterocycles. The molecule has 3 nitrogen and oxygen atoms in total. The van der Waals surface area contributed by atoms with Crippen molar-refractivity contribution in [2.24, 2.45) is 0 Å². The number of unbranched alkanes of at least 4 members (excludes halogenated alkanes) is 1. The van der Waals surface area contributed by atoms with Gasteiger partial charge in [0.05, 0.1) is 10.6 Å². The number of carbonyl (C=O) groups is 1. The van der Waals surface area contributed by atoms with Crippen LogP contribution < -0.4 is 4.74 Å². The zero-order valence-corrected chi connectivity index (χ0v) is 12.5. The molecule has 7 heteroatoms. The molecule has 0 bridgehead atoms. The van der Waals surface area contributed by atoms with Crippen LogP contribution in [-0.4, -0.2) is 22.9 Å². The standard InChI is InChI=1S/C15H14ClF3O3/c1-2-3-7-14(15(17,18)19)10(13(20)21)8-9-5-4-6-11(16)12(9)22-14/h4-6,8H,2-3,7H2,1H3,(H,20,21). The van der Waals surface area contributed by atoms with Gasteiger partial charge in [0.25, 0.3) is 0 Å². The van der Waals surface area contributed by atoms with Crippen molar-refractivity contribution in [2.75, 3.05) is 0 Å². The average Bonchev–Trinajstić information content (AvgIpc) is 2.43. The van der Waals surface area contributed by atoms with E-state index in [4.69, 9.17) is 16.3 Å². The van der Waals surface area contributed by atoms with Gasteiger partial charge in [-0.25, -0.2) is 4.79 Å². The maximum absolute atomic E-state index is 13.7. The molecule has 0 aromatic heterocycles.